The smallest absolute Gasteiger partial charge is 0.314 e. The largest absolute Gasteiger partial charge is 0.416 e. The molecule has 0 saturated carbocycles. The number of piperazine rings is 1. The van der Waals surface area contributed by atoms with Crippen LogP contribution in [-0.4, -0.2) is 31.1 Å². The Bertz CT molecular complexity index is 648. The Morgan fingerprint density at radius 2 is 1.70 bits per heavy atom. The lowest BCUT2D eigenvalue weighted by Crippen LogP contribution is -2.45. The van der Waals surface area contributed by atoms with Crippen LogP contribution in [0, 0.1) is 0 Å². The molecule has 0 spiro atoms. The molecule has 7 heteroatoms. The molecule has 1 aliphatic rings. The zero-order valence-corrected chi connectivity index (χ0v) is 13.8. The predicted molar refractivity (Wildman–Crippen MR) is 87.1 cm³/mol. The average molecular weight is 361 g/mol. The van der Waals surface area contributed by atoms with Gasteiger partial charge >= 0.3 is 6.18 Å². The van der Waals surface area contributed by atoms with Crippen molar-refractivity contribution in [2.24, 2.45) is 0 Å². The number of thiophene rings is 1. The van der Waals surface area contributed by atoms with Gasteiger partial charge in [0.2, 0.25) is 0 Å². The van der Waals surface area contributed by atoms with E-state index in [-0.39, 0.29) is 6.04 Å². The molecular weight excluding hydrogens is 345 g/mol. The third-order valence-electron chi connectivity index (χ3n) is 3.93. The van der Waals surface area contributed by atoms with Gasteiger partial charge in [-0.15, -0.1) is 11.3 Å². The number of nitrogens with one attached hydrogen (secondary N) is 1. The maximum absolute atomic E-state index is 12.8. The topological polar surface area (TPSA) is 15.3 Å². The van der Waals surface area contributed by atoms with E-state index in [1.165, 1.54) is 11.3 Å². The molecule has 1 fully saturated rings. The van der Waals surface area contributed by atoms with Gasteiger partial charge in [0.15, 0.2) is 0 Å². The molecular formula is C16H16ClF3N2S. The van der Waals surface area contributed by atoms with Gasteiger partial charge in [0.05, 0.1) is 15.9 Å². The number of benzene rings is 1. The van der Waals surface area contributed by atoms with Crippen LogP contribution in [0.5, 0.6) is 0 Å². The summed E-state index contributed by atoms with van der Waals surface area (Å²) in [6, 6.07) is 9.18. The number of rotatable bonds is 3. The number of alkyl halides is 3. The molecule has 0 bridgehead atoms. The van der Waals surface area contributed by atoms with Gasteiger partial charge in [-0.1, -0.05) is 23.7 Å². The van der Waals surface area contributed by atoms with Crippen LogP contribution < -0.4 is 5.32 Å². The van der Waals surface area contributed by atoms with Crippen LogP contribution in [-0.2, 0) is 6.18 Å². The molecule has 0 radical (unpaired) electrons. The molecule has 2 heterocycles. The van der Waals surface area contributed by atoms with Gasteiger partial charge in [0.1, 0.15) is 0 Å². The van der Waals surface area contributed by atoms with Gasteiger partial charge in [-0.25, -0.2) is 0 Å². The van der Waals surface area contributed by atoms with Gasteiger partial charge in [0.25, 0.3) is 0 Å². The van der Waals surface area contributed by atoms with E-state index in [1.54, 1.807) is 12.1 Å². The summed E-state index contributed by atoms with van der Waals surface area (Å²) < 4.78 is 39.0. The van der Waals surface area contributed by atoms with Crippen molar-refractivity contribution in [3.8, 4) is 0 Å². The van der Waals surface area contributed by atoms with Crippen LogP contribution in [0.4, 0.5) is 13.2 Å². The van der Waals surface area contributed by atoms with Crippen molar-refractivity contribution < 1.29 is 13.2 Å². The second-order valence-electron chi connectivity index (χ2n) is 5.45. The fourth-order valence-corrected chi connectivity index (χ4v) is 4.05. The van der Waals surface area contributed by atoms with Gasteiger partial charge in [0, 0.05) is 31.1 Å². The fraction of sp³-hybridized carbons (Fsp3) is 0.375. The Morgan fingerprint density at radius 1 is 1.04 bits per heavy atom. The number of nitrogens with zero attached hydrogens (tertiary/aromatic N) is 1. The average Bonchev–Trinajstić information content (AvgIpc) is 2.94. The number of halogens is 4. The lowest BCUT2D eigenvalue weighted by molar-refractivity contribution is -0.137. The van der Waals surface area contributed by atoms with Crippen molar-refractivity contribution in [3.63, 3.8) is 0 Å². The molecule has 1 saturated heterocycles. The Kier molecular flexibility index (Phi) is 4.96. The van der Waals surface area contributed by atoms with Gasteiger partial charge in [-0.3, -0.25) is 4.90 Å². The Balaban J connectivity index is 1.94. The van der Waals surface area contributed by atoms with Crippen LogP contribution in [0.15, 0.2) is 36.4 Å². The summed E-state index contributed by atoms with van der Waals surface area (Å²) in [4.78, 5) is 3.33. The number of hydrogen-bond donors (Lipinski definition) is 1. The molecule has 1 N–H and O–H groups in total. The molecule has 3 rings (SSSR count). The van der Waals surface area contributed by atoms with Crippen molar-refractivity contribution >= 4 is 22.9 Å². The zero-order chi connectivity index (χ0) is 16.4. The molecule has 2 nitrogen and oxygen atoms in total. The van der Waals surface area contributed by atoms with E-state index < -0.39 is 11.7 Å². The first-order chi connectivity index (χ1) is 10.9. The highest BCUT2D eigenvalue weighted by Crippen LogP contribution is 2.37. The molecule has 23 heavy (non-hydrogen) atoms. The third-order valence-corrected chi connectivity index (χ3v) is 5.22. The van der Waals surface area contributed by atoms with Gasteiger partial charge in [-0.05, 0) is 29.8 Å². The maximum atomic E-state index is 12.8. The van der Waals surface area contributed by atoms with E-state index in [0.717, 1.165) is 48.8 Å². The highest BCUT2D eigenvalue weighted by Gasteiger charge is 2.31. The molecule has 2 aromatic rings. The van der Waals surface area contributed by atoms with E-state index in [2.05, 4.69) is 10.2 Å². The first kappa shape index (κ1) is 16.8. The summed E-state index contributed by atoms with van der Waals surface area (Å²) in [5, 5.41) is 3.29. The second-order valence-corrected chi connectivity index (χ2v) is 7.20. The van der Waals surface area contributed by atoms with E-state index in [9.17, 15) is 13.2 Å². The summed E-state index contributed by atoms with van der Waals surface area (Å²) >= 11 is 7.53. The molecule has 124 valence electrons. The Labute approximate surface area is 141 Å². The highest BCUT2D eigenvalue weighted by atomic mass is 35.5. The highest BCUT2D eigenvalue weighted by molar-refractivity contribution is 7.16. The minimum Gasteiger partial charge on any atom is -0.314 e. The van der Waals surface area contributed by atoms with Crippen LogP contribution in [0.2, 0.25) is 4.34 Å². The summed E-state index contributed by atoms with van der Waals surface area (Å²) in [7, 11) is 0. The molecule has 1 aliphatic heterocycles. The van der Waals surface area contributed by atoms with Crippen molar-refractivity contribution in [2.45, 2.75) is 12.2 Å². The van der Waals surface area contributed by atoms with E-state index in [1.807, 2.05) is 12.1 Å². The summed E-state index contributed by atoms with van der Waals surface area (Å²) in [6.07, 6.45) is -4.31. The zero-order valence-electron chi connectivity index (χ0n) is 12.2. The quantitative estimate of drug-likeness (QED) is 0.872. The van der Waals surface area contributed by atoms with Crippen LogP contribution in [0.25, 0.3) is 0 Å². The Morgan fingerprint density at radius 3 is 2.22 bits per heavy atom. The first-order valence-corrected chi connectivity index (χ1v) is 8.52. The monoisotopic (exact) mass is 360 g/mol. The van der Waals surface area contributed by atoms with Crippen LogP contribution in [0.1, 0.15) is 22.0 Å². The SMILES string of the molecule is FC(F)(F)c1ccc([C@@H](c2ccc(Cl)s2)N2CCNCC2)cc1. The summed E-state index contributed by atoms with van der Waals surface area (Å²) in [6.45, 7) is 3.44. The maximum Gasteiger partial charge on any atom is 0.416 e. The minimum atomic E-state index is -4.31. The first-order valence-electron chi connectivity index (χ1n) is 7.32. The van der Waals surface area contributed by atoms with Crippen molar-refractivity contribution in [1.82, 2.24) is 10.2 Å². The van der Waals surface area contributed by atoms with Crippen LogP contribution in [0.3, 0.4) is 0 Å². The Hall–Kier alpha value is -1.08. The fourth-order valence-electron chi connectivity index (χ4n) is 2.82. The number of hydrogen-bond acceptors (Lipinski definition) is 3. The summed E-state index contributed by atoms with van der Waals surface area (Å²) in [5.41, 5.74) is 0.239. The minimum absolute atomic E-state index is 0.0584. The van der Waals surface area contributed by atoms with Crippen LogP contribution >= 0.6 is 22.9 Å². The van der Waals surface area contributed by atoms with E-state index in [4.69, 9.17) is 11.6 Å². The third kappa shape index (κ3) is 3.88. The molecule has 0 unspecified atom stereocenters. The van der Waals surface area contributed by atoms with Crippen molar-refractivity contribution in [2.75, 3.05) is 26.2 Å². The molecule has 1 aromatic carbocycles. The molecule has 0 amide bonds. The molecule has 1 atom stereocenters. The predicted octanol–water partition coefficient (Wildman–Crippen LogP) is 4.41. The lowest BCUT2D eigenvalue weighted by Gasteiger charge is -2.34. The summed E-state index contributed by atoms with van der Waals surface area (Å²) in [5.74, 6) is 0. The van der Waals surface area contributed by atoms with Gasteiger partial charge < -0.3 is 5.32 Å². The second kappa shape index (κ2) is 6.81. The molecule has 1 aromatic heterocycles. The van der Waals surface area contributed by atoms with Gasteiger partial charge in [-0.2, -0.15) is 13.2 Å². The normalized spacial score (nSPS) is 18.1. The van der Waals surface area contributed by atoms with Crippen molar-refractivity contribution in [1.29, 1.82) is 0 Å². The van der Waals surface area contributed by atoms with E-state index in [0.29, 0.717) is 4.34 Å². The standard InChI is InChI=1S/C16H16ClF3N2S/c17-14-6-5-13(23-14)15(22-9-7-21-8-10-22)11-1-3-12(4-2-11)16(18,19)20/h1-6,15,21H,7-10H2/t15-/m0/s1. The van der Waals surface area contributed by atoms with E-state index >= 15 is 0 Å². The lowest BCUT2D eigenvalue weighted by atomic mass is 10.0. The van der Waals surface area contributed by atoms with Crippen molar-refractivity contribution in [3.05, 3.63) is 56.7 Å². The molecule has 0 aliphatic carbocycles.